The average molecular weight is 497 g/mol. The minimum absolute atomic E-state index is 0.0307. The zero-order valence-electron chi connectivity index (χ0n) is 19.1. The van der Waals surface area contributed by atoms with Gasteiger partial charge in [0.2, 0.25) is 0 Å². The Morgan fingerprint density at radius 1 is 0.758 bits per heavy atom. The summed E-state index contributed by atoms with van der Waals surface area (Å²) in [6.45, 7) is 5.12. The molecular weight excluding hydrogens is 464 g/mol. The van der Waals surface area contributed by atoms with Crippen molar-refractivity contribution in [2.45, 2.75) is 49.3 Å². The fourth-order valence-electron chi connectivity index (χ4n) is 3.97. The lowest BCUT2D eigenvalue weighted by Crippen LogP contribution is -2.26. The largest absolute Gasteiger partial charge is 0.381 e. The molecule has 7 nitrogen and oxygen atoms in total. The van der Waals surface area contributed by atoms with Crippen LogP contribution < -0.4 is 0 Å². The number of ether oxygens (including phenoxy) is 1. The summed E-state index contributed by atoms with van der Waals surface area (Å²) in [5.41, 5.74) is 1.93. The van der Waals surface area contributed by atoms with Crippen molar-refractivity contribution in [1.29, 1.82) is 0 Å². The van der Waals surface area contributed by atoms with Crippen molar-refractivity contribution in [3.63, 3.8) is 0 Å². The molecule has 0 saturated carbocycles. The molecule has 0 unspecified atom stereocenters. The Morgan fingerprint density at radius 3 is 1.55 bits per heavy atom. The van der Waals surface area contributed by atoms with E-state index in [1.165, 1.54) is 24.3 Å². The Balaban J connectivity index is 1.58. The number of rotatable bonds is 11. The van der Waals surface area contributed by atoms with Crippen LogP contribution in [0, 0.1) is 25.7 Å². The molecule has 1 saturated heterocycles. The summed E-state index contributed by atoms with van der Waals surface area (Å²) in [6.07, 6.45) is 2.67. The molecule has 182 valence electrons. The van der Waals surface area contributed by atoms with Crippen molar-refractivity contribution in [2.75, 3.05) is 26.4 Å². The van der Waals surface area contributed by atoms with Crippen LogP contribution in [-0.2, 0) is 33.3 Å². The van der Waals surface area contributed by atoms with Gasteiger partial charge < -0.3 is 4.74 Å². The molecule has 0 spiro atoms. The molecular formula is C24H32O7S2. The molecule has 0 aliphatic carbocycles. The van der Waals surface area contributed by atoms with Crippen LogP contribution in [0.15, 0.2) is 58.3 Å². The third-order valence-electron chi connectivity index (χ3n) is 6.01. The lowest BCUT2D eigenvalue weighted by Gasteiger charge is -2.30. The Labute approximate surface area is 197 Å². The molecule has 1 heterocycles. The van der Waals surface area contributed by atoms with Crippen molar-refractivity contribution in [2.24, 2.45) is 11.8 Å². The quantitative estimate of drug-likeness (QED) is 0.429. The van der Waals surface area contributed by atoms with Gasteiger partial charge in [-0.25, -0.2) is 0 Å². The molecule has 1 aliphatic heterocycles. The van der Waals surface area contributed by atoms with Crippen LogP contribution in [0.2, 0.25) is 0 Å². The van der Waals surface area contributed by atoms with E-state index < -0.39 is 20.2 Å². The zero-order chi connectivity index (χ0) is 23.9. The minimum atomic E-state index is -3.84. The van der Waals surface area contributed by atoms with Crippen molar-refractivity contribution >= 4 is 20.2 Å². The third kappa shape index (κ3) is 7.61. The first-order valence-electron chi connectivity index (χ1n) is 11.2. The van der Waals surface area contributed by atoms with Crippen LogP contribution in [-0.4, -0.2) is 43.3 Å². The molecule has 0 N–H and O–H groups in total. The Hall–Kier alpha value is -1.78. The van der Waals surface area contributed by atoms with Gasteiger partial charge in [-0.1, -0.05) is 35.4 Å². The van der Waals surface area contributed by atoms with E-state index in [4.69, 9.17) is 13.1 Å². The fourth-order valence-corrected chi connectivity index (χ4v) is 5.81. The van der Waals surface area contributed by atoms with Gasteiger partial charge in [-0.2, -0.15) is 16.8 Å². The van der Waals surface area contributed by atoms with E-state index >= 15 is 0 Å². The predicted molar refractivity (Wildman–Crippen MR) is 125 cm³/mol. The maximum Gasteiger partial charge on any atom is 0.296 e. The Kier molecular flexibility index (Phi) is 9.06. The first-order chi connectivity index (χ1) is 15.7. The van der Waals surface area contributed by atoms with Gasteiger partial charge in [0.25, 0.3) is 20.2 Å². The van der Waals surface area contributed by atoms with Gasteiger partial charge in [0.1, 0.15) is 0 Å². The van der Waals surface area contributed by atoms with Crippen molar-refractivity contribution in [1.82, 2.24) is 0 Å². The van der Waals surface area contributed by atoms with Crippen LogP contribution >= 0.6 is 0 Å². The minimum Gasteiger partial charge on any atom is -0.381 e. The summed E-state index contributed by atoms with van der Waals surface area (Å²) >= 11 is 0. The van der Waals surface area contributed by atoms with E-state index in [9.17, 15) is 16.8 Å². The second-order valence-corrected chi connectivity index (χ2v) is 11.7. The highest BCUT2D eigenvalue weighted by molar-refractivity contribution is 7.87. The van der Waals surface area contributed by atoms with Crippen molar-refractivity contribution in [3.8, 4) is 0 Å². The summed E-state index contributed by atoms with van der Waals surface area (Å²) in [5, 5.41) is 0. The molecule has 0 atom stereocenters. The SMILES string of the molecule is Cc1ccc(S(=O)(=O)OCCC(CCOS(=O)(=O)c2ccc(C)cc2)C2CCOCC2)cc1. The number of hydrogen-bond acceptors (Lipinski definition) is 7. The Morgan fingerprint density at radius 2 is 1.15 bits per heavy atom. The fraction of sp³-hybridized carbons (Fsp3) is 0.500. The lowest BCUT2D eigenvalue weighted by molar-refractivity contribution is 0.0377. The van der Waals surface area contributed by atoms with Gasteiger partial charge >= 0.3 is 0 Å². The standard InChI is InChI=1S/C24H32O7S2/c1-19-3-7-23(8-4-19)32(25,26)30-17-13-22(21-11-15-29-16-12-21)14-18-31-33(27,28)24-9-5-20(2)6-10-24/h3-10,21-22H,11-18H2,1-2H3. The van der Waals surface area contributed by atoms with Crippen molar-refractivity contribution in [3.05, 3.63) is 59.7 Å². The van der Waals surface area contributed by atoms with Crippen LogP contribution in [0.3, 0.4) is 0 Å². The summed E-state index contributed by atoms with van der Waals surface area (Å²) < 4.78 is 65.9. The molecule has 2 aromatic rings. The molecule has 0 aromatic heterocycles. The number of benzene rings is 2. The smallest absolute Gasteiger partial charge is 0.296 e. The Bertz CT molecular complexity index is 1010. The highest BCUT2D eigenvalue weighted by Gasteiger charge is 2.26. The summed E-state index contributed by atoms with van der Waals surface area (Å²) in [4.78, 5) is 0.256. The second-order valence-electron chi connectivity index (χ2n) is 8.47. The maximum absolute atomic E-state index is 12.5. The van der Waals surface area contributed by atoms with Crippen LogP contribution in [0.5, 0.6) is 0 Å². The molecule has 2 aromatic carbocycles. The maximum atomic E-state index is 12.5. The van der Waals surface area contributed by atoms with Crippen LogP contribution in [0.4, 0.5) is 0 Å². The van der Waals surface area contributed by atoms with Gasteiger partial charge in [0.05, 0.1) is 23.0 Å². The molecule has 1 fully saturated rings. The molecule has 0 radical (unpaired) electrons. The lowest BCUT2D eigenvalue weighted by atomic mass is 9.82. The number of hydrogen-bond donors (Lipinski definition) is 0. The van der Waals surface area contributed by atoms with E-state index in [2.05, 4.69) is 0 Å². The third-order valence-corrected chi connectivity index (χ3v) is 8.66. The zero-order valence-corrected chi connectivity index (χ0v) is 20.7. The van der Waals surface area contributed by atoms with Gasteiger partial charge in [-0.3, -0.25) is 8.37 Å². The highest BCUT2D eigenvalue weighted by atomic mass is 32.2. The van der Waals surface area contributed by atoms with Crippen LogP contribution in [0.25, 0.3) is 0 Å². The molecule has 3 rings (SSSR count). The van der Waals surface area contributed by atoms with Gasteiger partial charge in [0.15, 0.2) is 0 Å². The molecule has 0 bridgehead atoms. The summed E-state index contributed by atoms with van der Waals surface area (Å²) in [5.74, 6) is 0.366. The topological polar surface area (TPSA) is 96.0 Å². The van der Waals surface area contributed by atoms with Gasteiger partial charge in [0, 0.05) is 13.2 Å². The van der Waals surface area contributed by atoms with Gasteiger partial charge in [-0.15, -0.1) is 0 Å². The number of aryl methyl sites for hydroxylation is 2. The van der Waals surface area contributed by atoms with E-state index in [-0.39, 0.29) is 28.9 Å². The average Bonchev–Trinajstić information content (AvgIpc) is 2.79. The summed E-state index contributed by atoms with van der Waals surface area (Å²) in [6, 6.07) is 13.0. The normalized spacial score (nSPS) is 15.7. The first-order valence-corrected chi connectivity index (χ1v) is 14.0. The molecule has 0 amide bonds. The van der Waals surface area contributed by atoms with E-state index in [1.54, 1.807) is 24.3 Å². The molecule has 33 heavy (non-hydrogen) atoms. The predicted octanol–water partition coefficient (Wildman–Crippen LogP) is 4.24. The van der Waals surface area contributed by atoms with Gasteiger partial charge in [-0.05, 0) is 75.6 Å². The van der Waals surface area contributed by atoms with Crippen LogP contribution in [0.1, 0.15) is 36.8 Å². The highest BCUT2D eigenvalue weighted by Crippen LogP contribution is 2.30. The second kappa shape index (κ2) is 11.6. The monoisotopic (exact) mass is 496 g/mol. The molecule has 9 heteroatoms. The summed E-state index contributed by atoms with van der Waals surface area (Å²) in [7, 11) is -7.68. The molecule has 1 aliphatic rings. The first kappa shape index (κ1) is 25.8. The van der Waals surface area contributed by atoms with E-state index in [1.807, 2.05) is 13.8 Å². The van der Waals surface area contributed by atoms with Crippen molar-refractivity contribution < 1.29 is 29.9 Å². The van der Waals surface area contributed by atoms with E-state index in [0.717, 1.165) is 24.0 Å². The van der Waals surface area contributed by atoms with E-state index in [0.29, 0.717) is 32.0 Å².